The van der Waals surface area contributed by atoms with Crippen LogP contribution in [0, 0.1) is 0 Å². The van der Waals surface area contributed by atoms with Gasteiger partial charge in [0.2, 0.25) is 11.7 Å². The van der Waals surface area contributed by atoms with Gasteiger partial charge in [0.25, 0.3) is 11.6 Å². The van der Waals surface area contributed by atoms with Crippen LogP contribution in [-0.2, 0) is 6.54 Å². The third-order valence-corrected chi connectivity index (χ3v) is 5.99. The summed E-state index contributed by atoms with van der Waals surface area (Å²) in [4.78, 5) is 25.9. The quantitative estimate of drug-likeness (QED) is 0.426. The number of ether oxygens (including phenoxy) is 1. The molecule has 0 aliphatic carbocycles. The van der Waals surface area contributed by atoms with Crippen molar-refractivity contribution in [3.8, 4) is 17.1 Å². The van der Waals surface area contributed by atoms with Crippen molar-refractivity contribution in [2.75, 3.05) is 33.3 Å². The van der Waals surface area contributed by atoms with Crippen LogP contribution in [-0.4, -0.2) is 69.3 Å². The van der Waals surface area contributed by atoms with E-state index in [9.17, 15) is 4.79 Å². The number of carbonyl (C=O) groups excluding carboxylic acids is 1. The van der Waals surface area contributed by atoms with Crippen molar-refractivity contribution in [1.29, 1.82) is 0 Å². The Hall–Kier alpha value is -3.79. The minimum absolute atomic E-state index is 0.0375. The Balaban J connectivity index is 1.20. The number of hydrogen-bond donors (Lipinski definition) is 0. The molecule has 1 aliphatic heterocycles. The van der Waals surface area contributed by atoms with Gasteiger partial charge in [-0.05, 0) is 36.2 Å². The molecule has 1 aromatic carbocycles. The second-order valence-electron chi connectivity index (χ2n) is 8.61. The van der Waals surface area contributed by atoms with E-state index in [1.54, 1.807) is 13.3 Å². The fourth-order valence-corrected chi connectivity index (χ4v) is 4.04. The van der Waals surface area contributed by atoms with Crippen molar-refractivity contribution in [2.45, 2.75) is 26.3 Å². The molecule has 4 heterocycles. The predicted octanol–water partition coefficient (Wildman–Crippen LogP) is 3.36. The molecule has 3 aromatic heterocycles. The standard InChI is InChI=1S/C24H26N6O4/c1-15(2)21-19-12-17(13-25-23(19)34-27-21)24(31)30-10-8-29(9-11-30)14-20-26-22(28-33-20)16-4-6-18(32-3)7-5-16/h4-7,12-13,15H,8-11,14H2,1-3H3. The predicted molar refractivity (Wildman–Crippen MR) is 123 cm³/mol. The number of fused-ring (bicyclic) bond motifs is 1. The molecule has 1 fully saturated rings. The average molecular weight is 463 g/mol. The summed E-state index contributed by atoms with van der Waals surface area (Å²) >= 11 is 0. The summed E-state index contributed by atoms with van der Waals surface area (Å²) in [6.45, 7) is 7.26. The molecule has 5 rings (SSSR count). The van der Waals surface area contributed by atoms with Gasteiger partial charge in [-0.15, -0.1) is 0 Å². The number of amides is 1. The fraction of sp³-hybridized carbons (Fsp3) is 0.375. The number of pyridine rings is 1. The molecule has 10 heteroatoms. The minimum Gasteiger partial charge on any atom is -0.497 e. The first-order valence-electron chi connectivity index (χ1n) is 11.3. The number of aromatic nitrogens is 4. The van der Waals surface area contributed by atoms with E-state index in [4.69, 9.17) is 13.8 Å². The molecule has 176 valence electrons. The Morgan fingerprint density at radius 3 is 2.56 bits per heavy atom. The van der Waals surface area contributed by atoms with Gasteiger partial charge < -0.3 is 18.7 Å². The lowest BCUT2D eigenvalue weighted by Gasteiger charge is -2.33. The average Bonchev–Trinajstić information content (AvgIpc) is 3.51. The first kappa shape index (κ1) is 22.0. The van der Waals surface area contributed by atoms with Crippen molar-refractivity contribution in [1.82, 2.24) is 30.1 Å². The topological polar surface area (TPSA) is 111 Å². The van der Waals surface area contributed by atoms with E-state index >= 15 is 0 Å². The molecule has 0 N–H and O–H groups in total. The van der Waals surface area contributed by atoms with E-state index < -0.39 is 0 Å². The molecule has 0 atom stereocenters. The molecule has 0 bridgehead atoms. The van der Waals surface area contributed by atoms with E-state index in [1.807, 2.05) is 49.1 Å². The summed E-state index contributed by atoms with van der Waals surface area (Å²) in [5.74, 6) is 2.02. The van der Waals surface area contributed by atoms with Crippen molar-refractivity contribution in [3.63, 3.8) is 0 Å². The van der Waals surface area contributed by atoms with Gasteiger partial charge in [0.05, 0.1) is 30.3 Å². The second kappa shape index (κ2) is 9.22. The molecule has 0 spiro atoms. The highest BCUT2D eigenvalue weighted by molar-refractivity contribution is 5.97. The highest BCUT2D eigenvalue weighted by atomic mass is 16.5. The largest absolute Gasteiger partial charge is 0.497 e. The lowest BCUT2D eigenvalue weighted by Crippen LogP contribution is -2.48. The molecule has 4 aromatic rings. The van der Waals surface area contributed by atoms with Crippen LogP contribution >= 0.6 is 0 Å². The monoisotopic (exact) mass is 462 g/mol. The van der Waals surface area contributed by atoms with E-state index in [2.05, 4.69) is 25.2 Å². The van der Waals surface area contributed by atoms with Crippen LogP contribution in [0.1, 0.15) is 41.7 Å². The summed E-state index contributed by atoms with van der Waals surface area (Å²) in [6.07, 6.45) is 1.56. The molecule has 0 saturated carbocycles. The lowest BCUT2D eigenvalue weighted by molar-refractivity contribution is 0.0615. The highest BCUT2D eigenvalue weighted by Gasteiger charge is 2.25. The molecule has 10 nitrogen and oxygen atoms in total. The summed E-state index contributed by atoms with van der Waals surface area (Å²) in [6, 6.07) is 9.35. The van der Waals surface area contributed by atoms with Crippen molar-refractivity contribution < 1.29 is 18.6 Å². The van der Waals surface area contributed by atoms with E-state index in [0.29, 0.717) is 55.7 Å². The van der Waals surface area contributed by atoms with Crippen molar-refractivity contribution in [2.24, 2.45) is 0 Å². The maximum atomic E-state index is 13.1. The smallest absolute Gasteiger partial charge is 0.257 e. The zero-order valence-electron chi connectivity index (χ0n) is 19.4. The summed E-state index contributed by atoms with van der Waals surface area (Å²) in [5.41, 5.74) is 2.69. The number of nitrogens with zero attached hydrogens (tertiary/aromatic N) is 6. The van der Waals surface area contributed by atoms with E-state index in [-0.39, 0.29) is 11.8 Å². The SMILES string of the molecule is COc1ccc(-c2noc(CN3CCN(C(=O)c4cnc5onc(C(C)C)c5c4)CC3)n2)cc1. The van der Waals surface area contributed by atoms with Crippen LogP contribution in [0.4, 0.5) is 0 Å². The Bertz CT molecular complexity index is 1290. The number of rotatable bonds is 6. The van der Waals surface area contributed by atoms with Gasteiger partial charge in [0.1, 0.15) is 5.75 Å². The molecule has 1 aliphatic rings. The maximum Gasteiger partial charge on any atom is 0.257 e. The first-order valence-corrected chi connectivity index (χ1v) is 11.3. The molecule has 1 saturated heterocycles. The summed E-state index contributed by atoms with van der Waals surface area (Å²) in [7, 11) is 1.63. The number of methoxy groups -OCH3 is 1. The number of benzene rings is 1. The Labute approximate surface area is 196 Å². The van der Waals surface area contributed by atoms with Crippen molar-refractivity contribution >= 4 is 17.0 Å². The molecule has 0 radical (unpaired) electrons. The van der Waals surface area contributed by atoms with Crippen LogP contribution < -0.4 is 4.74 Å². The van der Waals surface area contributed by atoms with Crippen LogP contribution in [0.25, 0.3) is 22.5 Å². The summed E-state index contributed by atoms with van der Waals surface area (Å²) in [5, 5.41) is 8.98. The third kappa shape index (κ3) is 4.36. The molecule has 34 heavy (non-hydrogen) atoms. The second-order valence-corrected chi connectivity index (χ2v) is 8.61. The van der Waals surface area contributed by atoms with Gasteiger partial charge in [0.15, 0.2) is 0 Å². The summed E-state index contributed by atoms with van der Waals surface area (Å²) < 4.78 is 15.9. The van der Waals surface area contributed by atoms with Gasteiger partial charge >= 0.3 is 0 Å². The minimum atomic E-state index is -0.0375. The third-order valence-electron chi connectivity index (χ3n) is 5.99. The first-order chi connectivity index (χ1) is 16.5. The highest BCUT2D eigenvalue weighted by Crippen LogP contribution is 2.25. The van der Waals surface area contributed by atoms with Gasteiger partial charge in [-0.1, -0.05) is 24.2 Å². The van der Waals surface area contributed by atoms with Gasteiger partial charge in [-0.2, -0.15) is 4.98 Å². The van der Waals surface area contributed by atoms with Gasteiger partial charge in [0, 0.05) is 37.9 Å². The van der Waals surface area contributed by atoms with Crippen molar-refractivity contribution in [3.05, 3.63) is 53.7 Å². The number of carbonyl (C=O) groups is 1. The lowest BCUT2D eigenvalue weighted by atomic mass is 10.1. The molecule has 1 amide bonds. The van der Waals surface area contributed by atoms with Crippen LogP contribution in [0.5, 0.6) is 5.75 Å². The van der Waals surface area contributed by atoms with Crippen LogP contribution in [0.2, 0.25) is 0 Å². The van der Waals surface area contributed by atoms with Gasteiger partial charge in [-0.3, -0.25) is 9.69 Å². The molecular formula is C24H26N6O4. The van der Waals surface area contributed by atoms with Gasteiger partial charge in [-0.25, -0.2) is 4.98 Å². The van der Waals surface area contributed by atoms with E-state index in [1.165, 1.54) is 0 Å². The van der Waals surface area contributed by atoms with Crippen LogP contribution in [0.15, 0.2) is 45.6 Å². The van der Waals surface area contributed by atoms with E-state index in [0.717, 1.165) is 22.4 Å². The Morgan fingerprint density at radius 2 is 1.85 bits per heavy atom. The normalized spacial score (nSPS) is 14.8. The fourth-order valence-electron chi connectivity index (χ4n) is 4.04. The van der Waals surface area contributed by atoms with Crippen LogP contribution in [0.3, 0.4) is 0 Å². The number of hydrogen-bond acceptors (Lipinski definition) is 9. The molecular weight excluding hydrogens is 436 g/mol. The Morgan fingerprint density at radius 1 is 1.09 bits per heavy atom. The zero-order valence-corrected chi connectivity index (χ0v) is 19.4. The molecule has 0 unspecified atom stereocenters. The Kier molecular flexibility index (Phi) is 5.97. The zero-order chi connectivity index (χ0) is 23.7. The maximum absolute atomic E-state index is 13.1. The number of piperazine rings is 1.